The third kappa shape index (κ3) is 6.84. The molecule has 0 fully saturated rings. The van der Waals surface area contributed by atoms with Crippen LogP contribution in [0.4, 0.5) is 5.69 Å². The number of rotatable bonds is 12. The van der Waals surface area contributed by atoms with Crippen LogP contribution in [0.2, 0.25) is 0 Å². The average Bonchev–Trinajstić information content (AvgIpc) is 2.98. The van der Waals surface area contributed by atoms with Crippen LogP contribution in [-0.2, 0) is 26.2 Å². The molecule has 214 valence electrons. The molecule has 1 atom stereocenters. The van der Waals surface area contributed by atoms with Crippen molar-refractivity contribution in [1.82, 2.24) is 10.2 Å². The Kier molecular flexibility index (Phi) is 10.0. The molecule has 1 N–H and O–H groups in total. The zero-order valence-corrected chi connectivity index (χ0v) is 24.3. The number of benzene rings is 3. The van der Waals surface area contributed by atoms with Crippen molar-refractivity contribution in [2.75, 3.05) is 39.2 Å². The fourth-order valence-electron chi connectivity index (χ4n) is 4.06. The van der Waals surface area contributed by atoms with Crippen molar-refractivity contribution in [1.29, 1.82) is 0 Å². The first-order valence-electron chi connectivity index (χ1n) is 12.5. The number of methoxy groups -OCH3 is 3. The molecule has 0 spiro atoms. The van der Waals surface area contributed by atoms with Gasteiger partial charge in [-0.15, -0.1) is 0 Å². The van der Waals surface area contributed by atoms with Crippen LogP contribution in [-0.4, -0.2) is 66.1 Å². The molecule has 2 amide bonds. The number of carbonyl (C=O) groups is 2. The number of hydrogen-bond acceptors (Lipinski definition) is 7. The molecule has 3 rings (SSSR count). The summed E-state index contributed by atoms with van der Waals surface area (Å²) >= 11 is 0. The van der Waals surface area contributed by atoms with Crippen LogP contribution in [0, 0.1) is 6.92 Å². The molecular weight excluding hydrogens is 534 g/mol. The maximum atomic E-state index is 14.0. The summed E-state index contributed by atoms with van der Waals surface area (Å²) in [5.74, 6) is 0.299. The molecule has 0 aromatic heterocycles. The highest BCUT2D eigenvalue weighted by atomic mass is 32.2. The summed E-state index contributed by atoms with van der Waals surface area (Å²) in [6, 6.07) is 17.2. The summed E-state index contributed by atoms with van der Waals surface area (Å²) in [6.45, 7) is 3.01. The molecule has 0 saturated carbocycles. The largest absolute Gasteiger partial charge is 0.497 e. The molecular formula is C29H35N3O7S. The van der Waals surface area contributed by atoms with Gasteiger partial charge in [-0.25, -0.2) is 8.42 Å². The molecule has 0 heterocycles. The van der Waals surface area contributed by atoms with Gasteiger partial charge in [0.25, 0.3) is 10.0 Å². The van der Waals surface area contributed by atoms with E-state index in [0.717, 1.165) is 15.4 Å². The highest BCUT2D eigenvalue weighted by Crippen LogP contribution is 2.32. The van der Waals surface area contributed by atoms with Gasteiger partial charge in [-0.1, -0.05) is 29.8 Å². The summed E-state index contributed by atoms with van der Waals surface area (Å²) in [5, 5.41) is 2.56. The summed E-state index contributed by atoms with van der Waals surface area (Å²) in [7, 11) is 1.64. The first-order chi connectivity index (χ1) is 19.0. The van der Waals surface area contributed by atoms with E-state index in [1.807, 2.05) is 6.92 Å². The van der Waals surface area contributed by atoms with E-state index < -0.39 is 28.5 Å². The van der Waals surface area contributed by atoms with Gasteiger partial charge in [0.2, 0.25) is 11.8 Å². The molecule has 3 aromatic rings. The predicted molar refractivity (Wildman–Crippen MR) is 152 cm³/mol. The van der Waals surface area contributed by atoms with Crippen LogP contribution in [0.3, 0.4) is 0 Å². The minimum Gasteiger partial charge on any atom is -0.497 e. The third-order valence-corrected chi connectivity index (χ3v) is 8.24. The monoisotopic (exact) mass is 569 g/mol. The number of nitrogens with zero attached hydrogens (tertiary/aromatic N) is 2. The predicted octanol–water partition coefficient (Wildman–Crippen LogP) is 3.38. The Bertz CT molecular complexity index is 1420. The minimum absolute atomic E-state index is 0.0789. The van der Waals surface area contributed by atoms with Gasteiger partial charge in [0.15, 0.2) is 11.5 Å². The lowest BCUT2D eigenvalue weighted by Crippen LogP contribution is -2.50. The first kappa shape index (κ1) is 30.3. The minimum atomic E-state index is -4.25. The van der Waals surface area contributed by atoms with Gasteiger partial charge in [0, 0.05) is 19.7 Å². The normalized spacial score (nSPS) is 11.8. The average molecular weight is 570 g/mol. The van der Waals surface area contributed by atoms with Gasteiger partial charge in [-0.3, -0.25) is 13.9 Å². The van der Waals surface area contributed by atoms with E-state index in [9.17, 15) is 18.0 Å². The number of aryl methyl sites for hydroxylation is 1. The van der Waals surface area contributed by atoms with Crippen LogP contribution in [0.25, 0.3) is 0 Å². The van der Waals surface area contributed by atoms with Gasteiger partial charge in [-0.2, -0.15) is 0 Å². The molecule has 0 aliphatic heterocycles. The Hall–Kier alpha value is -4.25. The topological polar surface area (TPSA) is 114 Å². The standard InChI is InChI=1S/C29H35N3O7S/c1-20-7-11-23(12-8-20)32(40(35,36)25-15-16-26(38-5)27(17-25)39-6)19-28(33)31(21(2)29(34)30-3)18-22-9-13-24(37-4)14-10-22/h7-17,21H,18-19H2,1-6H3,(H,30,34)/t21-/m1/s1. The number of carbonyl (C=O) groups excluding carboxylic acids is 2. The Morgan fingerprint density at radius 1 is 0.875 bits per heavy atom. The molecule has 40 heavy (non-hydrogen) atoms. The lowest BCUT2D eigenvalue weighted by Gasteiger charge is -2.32. The van der Waals surface area contributed by atoms with Crippen LogP contribution < -0.4 is 23.8 Å². The number of ether oxygens (including phenoxy) is 3. The van der Waals surface area contributed by atoms with Crippen LogP contribution >= 0.6 is 0 Å². The van der Waals surface area contributed by atoms with E-state index in [4.69, 9.17) is 14.2 Å². The number of anilines is 1. The molecule has 10 nitrogen and oxygen atoms in total. The van der Waals surface area contributed by atoms with Crippen molar-refractivity contribution in [2.24, 2.45) is 0 Å². The Labute approximate surface area is 235 Å². The second kappa shape index (κ2) is 13.2. The fraction of sp³-hybridized carbons (Fsp3) is 0.310. The second-order valence-corrected chi connectivity index (χ2v) is 10.9. The maximum Gasteiger partial charge on any atom is 0.264 e. The van der Waals surface area contributed by atoms with Gasteiger partial charge in [0.1, 0.15) is 18.3 Å². The lowest BCUT2D eigenvalue weighted by atomic mass is 10.1. The van der Waals surface area contributed by atoms with E-state index >= 15 is 0 Å². The van der Waals surface area contributed by atoms with Crippen LogP contribution in [0.15, 0.2) is 71.6 Å². The third-order valence-electron chi connectivity index (χ3n) is 6.47. The van der Waals surface area contributed by atoms with Gasteiger partial charge >= 0.3 is 0 Å². The van der Waals surface area contributed by atoms with E-state index in [2.05, 4.69) is 5.32 Å². The summed E-state index contributed by atoms with van der Waals surface area (Å²) < 4.78 is 44.8. The van der Waals surface area contributed by atoms with Crippen molar-refractivity contribution in [3.63, 3.8) is 0 Å². The van der Waals surface area contributed by atoms with Gasteiger partial charge in [0.05, 0.1) is 31.9 Å². The SMILES string of the molecule is CNC(=O)[C@@H](C)N(Cc1ccc(OC)cc1)C(=O)CN(c1ccc(C)cc1)S(=O)(=O)c1ccc(OC)c(OC)c1. The quantitative estimate of drug-likeness (QED) is 0.356. The Balaban J connectivity index is 2.05. The number of hydrogen-bond donors (Lipinski definition) is 1. The number of sulfonamides is 1. The smallest absolute Gasteiger partial charge is 0.264 e. The van der Waals surface area contributed by atoms with Gasteiger partial charge < -0.3 is 24.4 Å². The van der Waals surface area contributed by atoms with Crippen molar-refractivity contribution in [2.45, 2.75) is 31.3 Å². The molecule has 0 aliphatic rings. The van der Waals surface area contributed by atoms with Crippen molar-refractivity contribution < 1.29 is 32.2 Å². The zero-order chi connectivity index (χ0) is 29.4. The number of amides is 2. The molecule has 0 radical (unpaired) electrons. The molecule has 0 bridgehead atoms. The van der Waals surface area contributed by atoms with Crippen LogP contribution in [0.5, 0.6) is 17.2 Å². The molecule has 11 heteroatoms. The molecule has 0 aliphatic carbocycles. The molecule has 0 unspecified atom stereocenters. The zero-order valence-electron chi connectivity index (χ0n) is 23.5. The van der Waals surface area contributed by atoms with E-state index in [-0.39, 0.29) is 23.1 Å². The Morgan fingerprint density at radius 3 is 2.05 bits per heavy atom. The van der Waals surface area contributed by atoms with E-state index in [1.165, 1.54) is 44.4 Å². The summed E-state index contributed by atoms with van der Waals surface area (Å²) in [4.78, 5) is 27.7. The van der Waals surface area contributed by atoms with Crippen molar-refractivity contribution >= 4 is 27.5 Å². The van der Waals surface area contributed by atoms with E-state index in [1.54, 1.807) is 62.6 Å². The summed E-state index contributed by atoms with van der Waals surface area (Å²) in [6.07, 6.45) is 0. The lowest BCUT2D eigenvalue weighted by molar-refractivity contribution is -0.139. The first-order valence-corrected chi connectivity index (χ1v) is 13.9. The van der Waals surface area contributed by atoms with E-state index in [0.29, 0.717) is 17.2 Å². The Morgan fingerprint density at radius 2 is 1.50 bits per heavy atom. The van der Waals surface area contributed by atoms with Gasteiger partial charge in [-0.05, 0) is 55.8 Å². The van der Waals surface area contributed by atoms with Crippen molar-refractivity contribution in [3.8, 4) is 17.2 Å². The summed E-state index contributed by atoms with van der Waals surface area (Å²) in [5.41, 5.74) is 1.97. The number of nitrogens with one attached hydrogen (secondary N) is 1. The number of likely N-dealkylation sites (N-methyl/N-ethyl adjacent to an activating group) is 1. The second-order valence-electron chi connectivity index (χ2n) is 9.02. The highest BCUT2D eigenvalue weighted by Gasteiger charge is 2.32. The van der Waals surface area contributed by atoms with Crippen molar-refractivity contribution in [3.05, 3.63) is 77.9 Å². The van der Waals surface area contributed by atoms with Crippen LogP contribution in [0.1, 0.15) is 18.1 Å². The maximum absolute atomic E-state index is 14.0. The highest BCUT2D eigenvalue weighted by molar-refractivity contribution is 7.92. The molecule has 3 aromatic carbocycles. The fourth-order valence-corrected chi connectivity index (χ4v) is 5.49. The molecule has 0 saturated heterocycles.